The van der Waals surface area contributed by atoms with Crippen molar-refractivity contribution in [2.75, 3.05) is 20.2 Å². The molecule has 1 saturated carbocycles. The first-order valence-electron chi connectivity index (χ1n) is 8.84. The summed E-state index contributed by atoms with van der Waals surface area (Å²) in [5.74, 6) is 1.00. The van der Waals surface area contributed by atoms with Crippen molar-refractivity contribution in [1.29, 1.82) is 0 Å². The highest BCUT2D eigenvalue weighted by atomic mass is 16.5. The van der Waals surface area contributed by atoms with E-state index in [2.05, 4.69) is 6.58 Å². The van der Waals surface area contributed by atoms with Crippen LogP contribution in [0.15, 0.2) is 36.9 Å². The lowest BCUT2D eigenvalue weighted by Gasteiger charge is -2.37. The zero-order valence-electron chi connectivity index (χ0n) is 14.8. The molecule has 1 aromatic carbocycles. The van der Waals surface area contributed by atoms with Gasteiger partial charge < -0.3 is 15.4 Å². The maximum absolute atomic E-state index is 12.9. The van der Waals surface area contributed by atoms with Gasteiger partial charge in [-0.2, -0.15) is 0 Å². The predicted octanol–water partition coefficient (Wildman–Crippen LogP) is 3.51. The van der Waals surface area contributed by atoms with E-state index in [-0.39, 0.29) is 11.3 Å². The Labute approximate surface area is 145 Å². The van der Waals surface area contributed by atoms with Gasteiger partial charge in [0.1, 0.15) is 5.75 Å². The minimum atomic E-state index is -0.00530. The van der Waals surface area contributed by atoms with Crippen molar-refractivity contribution in [3.05, 3.63) is 42.5 Å². The van der Waals surface area contributed by atoms with Gasteiger partial charge in [0.2, 0.25) is 5.91 Å². The van der Waals surface area contributed by atoms with Crippen LogP contribution in [0, 0.1) is 5.41 Å². The van der Waals surface area contributed by atoms with Gasteiger partial charge in [-0.25, -0.2) is 0 Å². The first-order valence-corrected chi connectivity index (χ1v) is 8.84. The Morgan fingerprint density at radius 1 is 1.29 bits per heavy atom. The Hall–Kier alpha value is -1.81. The van der Waals surface area contributed by atoms with Crippen molar-refractivity contribution >= 4 is 5.91 Å². The van der Waals surface area contributed by atoms with Crippen LogP contribution < -0.4 is 10.5 Å². The predicted molar refractivity (Wildman–Crippen MR) is 97.8 cm³/mol. The number of benzene rings is 1. The number of hydrogen-bond donors (Lipinski definition) is 1. The third kappa shape index (κ3) is 4.84. The number of methoxy groups -OCH3 is 1. The van der Waals surface area contributed by atoms with E-state index in [4.69, 9.17) is 10.5 Å². The minimum absolute atomic E-state index is 0.00530. The first kappa shape index (κ1) is 18.5. The standard InChI is InChI=1S/C20H30N2O2/c1-3-13-22(15-17-7-9-18(24-2)10-8-17)19(23)14-20(16-21)11-5-4-6-12-20/h3,7-10H,1,4-6,11-16,21H2,2H3. The number of nitrogens with two attached hydrogens (primary N) is 1. The first-order chi connectivity index (χ1) is 11.6. The van der Waals surface area contributed by atoms with E-state index in [1.807, 2.05) is 29.2 Å². The fourth-order valence-corrected chi connectivity index (χ4v) is 3.55. The summed E-state index contributed by atoms with van der Waals surface area (Å²) in [7, 11) is 1.65. The molecule has 0 heterocycles. The maximum Gasteiger partial charge on any atom is 0.223 e. The van der Waals surface area contributed by atoms with Gasteiger partial charge in [-0.3, -0.25) is 4.79 Å². The van der Waals surface area contributed by atoms with Crippen LogP contribution in [0.4, 0.5) is 0 Å². The van der Waals surface area contributed by atoms with E-state index >= 15 is 0 Å². The van der Waals surface area contributed by atoms with Gasteiger partial charge in [0.25, 0.3) is 0 Å². The summed E-state index contributed by atoms with van der Waals surface area (Å²) in [4.78, 5) is 14.8. The van der Waals surface area contributed by atoms with Gasteiger partial charge in [0.05, 0.1) is 7.11 Å². The van der Waals surface area contributed by atoms with Gasteiger partial charge in [0.15, 0.2) is 0 Å². The molecule has 1 aliphatic carbocycles. The summed E-state index contributed by atoms with van der Waals surface area (Å²) in [5, 5.41) is 0. The number of carbonyl (C=O) groups is 1. The van der Waals surface area contributed by atoms with Crippen LogP contribution in [-0.2, 0) is 11.3 Å². The zero-order valence-corrected chi connectivity index (χ0v) is 14.8. The monoisotopic (exact) mass is 330 g/mol. The van der Waals surface area contributed by atoms with Crippen molar-refractivity contribution in [3.63, 3.8) is 0 Å². The molecule has 0 atom stereocenters. The molecule has 4 heteroatoms. The number of nitrogens with zero attached hydrogens (tertiary/aromatic N) is 1. The summed E-state index contributed by atoms with van der Waals surface area (Å²) in [5.41, 5.74) is 7.13. The summed E-state index contributed by atoms with van der Waals surface area (Å²) in [6.45, 7) is 5.55. The molecular formula is C20H30N2O2. The van der Waals surface area contributed by atoms with Crippen molar-refractivity contribution in [1.82, 2.24) is 4.90 Å². The summed E-state index contributed by atoms with van der Waals surface area (Å²) in [6, 6.07) is 7.85. The van der Waals surface area contributed by atoms with Crippen molar-refractivity contribution in [2.24, 2.45) is 11.1 Å². The average Bonchev–Trinajstić information content (AvgIpc) is 2.62. The number of ether oxygens (including phenoxy) is 1. The maximum atomic E-state index is 12.9. The van der Waals surface area contributed by atoms with Gasteiger partial charge in [-0.15, -0.1) is 6.58 Å². The fraction of sp³-hybridized carbons (Fsp3) is 0.550. The van der Waals surface area contributed by atoms with Gasteiger partial charge in [-0.05, 0) is 42.5 Å². The summed E-state index contributed by atoms with van der Waals surface area (Å²) >= 11 is 0. The molecule has 0 unspecified atom stereocenters. The molecule has 2 rings (SSSR count). The molecule has 1 aromatic rings. The van der Waals surface area contributed by atoms with E-state index < -0.39 is 0 Å². The van der Waals surface area contributed by atoms with Crippen molar-refractivity contribution in [3.8, 4) is 5.75 Å². The van der Waals surface area contributed by atoms with Crippen LogP contribution >= 0.6 is 0 Å². The van der Waals surface area contributed by atoms with E-state index in [0.717, 1.165) is 24.2 Å². The number of hydrogen-bond acceptors (Lipinski definition) is 3. The highest BCUT2D eigenvalue weighted by molar-refractivity contribution is 5.77. The number of carbonyl (C=O) groups excluding carboxylic acids is 1. The van der Waals surface area contributed by atoms with Crippen molar-refractivity contribution < 1.29 is 9.53 Å². The summed E-state index contributed by atoms with van der Waals surface area (Å²) < 4.78 is 5.19. The topological polar surface area (TPSA) is 55.6 Å². The van der Waals surface area contributed by atoms with Gasteiger partial charge >= 0.3 is 0 Å². The van der Waals surface area contributed by atoms with E-state index in [1.165, 1.54) is 19.3 Å². The molecule has 0 radical (unpaired) electrons. The third-order valence-corrected chi connectivity index (χ3v) is 5.11. The van der Waals surface area contributed by atoms with Crippen LogP contribution in [0.3, 0.4) is 0 Å². The van der Waals surface area contributed by atoms with Crippen LogP contribution in [0.2, 0.25) is 0 Å². The Kier molecular flexibility index (Phi) is 6.85. The number of rotatable bonds is 8. The largest absolute Gasteiger partial charge is 0.497 e. The highest BCUT2D eigenvalue weighted by Gasteiger charge is 2.34. The van der Waals surface area contributed by atoms with E-state index in [1.54, 1.807) is 13.2 Å². The molecule has 2 N–H and O–H groups in total. The molecule has 1 aliphatic rings. The van der Waals surface area contributed by atoms with Crippen LogP contribution in [0.5, 0.6) is 5.75 Å². The van der Waals surface area contributed by atoms with E-state index in [0.29, 0.717) is 26.1 Å². The molecule has 1 amide bonds. The molecular weight excluding hydrogens is 300 g/mol. The second kappa shape index (κ2) is 8.88. The van der Waals surface area contributed by atoms with Gasteiger partial charge in [0, 0.05) is 19.5 Å². The lowest BCUT2D eigenvalue weighted by Crippen LogP contribution is -2.40. The third-order valence-electron chi connectivity index (χ3n) is 5.11. The molecule has 0 aromatic heterocycles. The second-order valence-corrected chi connectivity index (χ2v) is 6.85. The Morgan fingerprint density at radius 3 is 2.50 bits per heavy atom. The zero-order chi connectivity index (χ0) is 17.4. The molecule has 0 spiro atoms. The van der Waals surface area contributed by atoms with Crippen LogP contribution in [-0.4, -0.2) is 31.0 Å². The Balaban J connectivity index is 2.04. The quantitative estimate of drug-likeness (QED) is 0.742. The molecule has 0 saturated heterocycles. The van der Waals surface area contributed by atoms with Crippen LogP contribution in [0.1, 0.15) is 44.1 Å². The molecule has 0 aliphatic heterocycles. The second-order valence-electron chi connectivity index (χ2n) is 6.85. The smallest absolute Gasteiger partial charge is 0.223 e. The highest BCUT2D eigenvalue weighted by Crippen LogP contribution is 2.38. The fourth-order valence-electron chi connectivity index (χ4n) is 3.55. The van der Waals surface area contributed by atoms with Crippen molar-refractivity contribution in [2.45, 2.75) is 45.1 Å². The molecule has 24 heavy (non-hydrogen) atoms. The summed E-state index contributed by atoms with van der Waals surface area (Å²) in [6.07, 6.45) is 8.11. The SMILES string of the molecule is C=CCN(Cc1ccc(OC)cc1)C(=O)CC1(CN)CCCCC1. The molecule has 4 nitrogen and oxygen atoms in total. The number of amides is 1. The molecule has 1 fully saturated rings. The average molecular weight is 330 g/mol. The van der Waals surface area contributed by atoms with Gasteiger partial charge in [-0.1, -0.05) is 37.5 Å². The molecule has 132 valence electrons. The lowest BCUT2D eigenvalue weighted by atomic mass is 9.71. The van der Waals surface area contributed by atoms with Crippen LogP contribution in [0.25, 0.3) is 0 Å². The minimum Gasteiger partial charge on any atom is -0.497 e. The Morgan fingerprint density at radius 2 is 1.96 bits per heavy atom. The normalized spacial score (nSPS) is 16.4. The molecule has 0 bridgehead atoms. The Bertz CT molecular complexity index is 533. The lowest BCUT2D eigenvalue weighted by molar-refractivity contribution is -0.134. The van der Waals surface area contributed by atoms with E-state index in [9.17, 15) is 4.79 Å².